The van der Waals surface area contributed by atoms with Gasteiger partial charge in [0, 0.05) is 48.5 Å². The molecule has 6 rings (SSSR count). The molecule has 1 saturated heterocycles. The quantitative estimate of drug-likeness (QED) is 0.259. The molecular formula is C29H30N8O3. The first-order valence-corrected chi connectivity index (χ1v) is 13.0. The number of morpholine rings is 1. The Hall–Kier alpha value is -4.77. The number of nitrogens with one attached hydrogen (secondary N) is 3. The number of benzene rings is 1. The second-order valence-corrected chi connectivity index (χ2v) is 11.1. The normalized spacial score (nSPS) is 16.1. The molecule has 204 valence electrons. The summed E-state index contributed by atoms with van der Waals surface area (Å²) in [4.78, 5) is 31.4. The highest BCUT2D eigenvalue weighted by Crippen LogP contribution is 2.35. The fourth-order valence-corrected chi connectivity index (χ4v) is 5.26. The van der Waals surface area contributed by atoms with Crippen LogP contribution in [0.2, 0.25) is 0 Å². The number of anilines is 3. The molecule has 11 nitrogen and oxygen atoms in total. The standard InChI is InChI=1S/C29H30N8O3/c1-28(2)15-37(16-29(3,4)40-28)26-21-12-22(34-25(21)31-17-32-26)18-7-9-20(10-8-18)33-27(38)35-24-13-23(36-39-24)19-6-5-11-30-14-19/h5-14,17H,15-16H2,1-4H3,(H,31,32,34)(H2,33,35,38). The predicted molar refractivity (Wildman–Crippen MR) is 153 cm³/mol. The fourth-order valence-electron chi connectivity index (χ4n) is 5.26. The molecule has 1 fully saturated rings. The van der Waals surface area contributed by atoms with Crippen molar-refractivity contribution in [2.45, 2.75) is 38.9 Å². The van der Waals surface area contributed by atoms with Crippen LogP contribution in [0.5, 0.6) is 0 Å². The van der Waals surface area contributed by atoms with Crippen LogP contribution in [0, 0.1) is 0 Å². The highest BCUT2D eigenvalue weighted by molar-refractivity contribution is 5.99. The van der Waals surface area contributed by atoms with Crippen LogP contribution in [0.1, 0.15) is 27.7 Å². The van der Waals surface area contributed by atoms with Crippen molar-refractivity contribution in [3.63, 3.8) is 0 Å². The van der Waals surface area contributed by atoms with Gasteiger partial charge in [-0.25, -0.2) is 14.8 Å². The summed E-state index contributed by atoms with van der Waals surface area (Å²) in [6, 6.07) is 14.5. The van der Waals surface area contributed by atoms with Crippen LogP contribution in [-0.4, -0.2) is 55.4 Å². The van der Waals surface area contributed by atoms with E-state index in [9.17, 15) is 4.79 Å². The van der Waals surface area contributed by atoms with Crippen molar-refractivity contribution in [3.05, 3.63) is 67.3 Å². The Labute approximate surface area is 231 Å². The molecule has 0 aliphatic carbocycles. The molecule has 11 heteroatoms. The molecule has 0 unspecified atom stereocenters. The second-order valence-electron chi connectivity index (χ2n) is 11.1. The molecule has 4 aromatic heterocycles. The van der Waals surface area contributed by atoms with Gasteiger partial charge in [0.1, 0.15) is 23.5 Å². The Morgan fingerprint density at radius 3 is 2.48 bits per heavy atom. The zero-order valence-electron chi connectivity index (χ0n) is 22.7. The molecule has 0 spiro atoms. The van der Waals surface area contributed by atoms with E-state index in [4.69, 9.17) is 9.26 Å². The summed E-state index contributed by atoms with van der Waals surface area (Å²) in [6.07, 6.45) is 4.94. The van der Waals surface area contributed by atoms with Crippen molar-refractivity contribution in [2.24, 2.45) is 0 Å². The first kappa shape index (κ1) is 25.5. The van der Waals surface area contributed by atoms with Crippen LogP contribution < -0.4 is 15.5 Å². The number of pyridine rings is 1. The number of hydrogen-bond donors (Lipinski definition) is 3. The van der Waals surface area contributed by atoms with Gasteiger partial charge in [0.25, 0.3) is 0 Å². The number of amides is 2. The van der Waals surface area contributed by atoms with Crippen LogP contribution in [0.15, 0.2) is 71.8 Å². The molecule has 0 saturated carbocycles. The maximum Gasteiger partial charge on any atom is 0.326 e. The van der Waals surface area contributed by atoms with E-state index in [1.54, 1.807) is 30.9 Å². The molecule has 5 aromatic rings. The summed E-state index contributed by atoms with van der Waals surface area (Å²) in [5.41, 5.74) is 4.02. The summed E-state index contributed by atoms with van der Waals surface area (Å²) in [5, 5.41) is 10.4. The number of fused-ring (bicyclic) bond motifs is 1. The lowest BCUT2D eigenvalue weighted by atomic mass is 9.99. The van der Waals surface area contributed by atoms with Crippen molar-refractivity contribution in [3.8, 4) is 22.5 Å². The van der Waals surface area contributed by atoms with Crippen molar-refractivity contribution in [1.29, 1.82) is 0 Å². The SMILES string of the molecule is CC1(C)CN(c2ncnc3[nH]c(-c4ccc(NC(=O)Nc5cc(-c6cccnc6)no5)cc4)cc23)CC(C)(C)O1. The van der Waals surface area contributed by atoms with E-state index in [2.05, 4.69) is 74.4 Å². The van der Waals surface area contributed by atoms with E-state index in [1.807, 2.05) is 30.3 Å². The van der Waals surface area contributed by atoms with Crippen LogP contribution in [0.4, 0.5) is 22.2 Å². The van der Waals surface area contributed by atoms with Crippen molar-refractivity contribution < 1.29 is 14.1 Å². The predicted octanol–water partition coefficient (Wildman–Crippen LogP) is 5.71. The van der Waals surface area contributed by atoms with Gasteiger partial charge < -0.3 is 24.5 Å². The van der Waals surface area contributed by atoms with E-state index in [0.717, 1.165) is 46.8 Å². The highest BCUT2D eigenvalue weighted by Gasteiger charge is 2.39. The Kier molecular flexibility index (Phi) is 6.22. The number of aromatic amines is 1. The minimum absolute atomic E-state index is 0.231. The third kappa shape index (κ3) is 5.36. The Bertz CT molecular complexity index is 1640. The molecule has 1 aromatic carbocycles. The maximum absolute atomic E-state index is 12.5. The zero-order chi connectivity index (χ0) is 27.9. The van der Waals surface area contributed by atoms with E-state index in [1.165, 1.54) is 0 Å². The van der Waals surface area contributed by atoms with Gasteiger partial charge in [0.15, 0.2) is 0 Å². The van der Waals surface area contributed by atoms with E-state index >= 15 is 0 Å². The number of hydrogen-bond acceptors (Lipinski definition) is 8. The van der Waals surface area contributed by atoms with Gasteiger partial charge >= 0.3 is 6.03 Å². The van der Waals surface area contributed by atoms with E-state index in [0.29, 0.717) is 11.4 Å². The summed E-state index contributed by atoms with van der Waals surface area (Å²) >= 11 is 0. The lowest BCUT2D eigenvalue weighted by Crippen LogP contribution is -2.57. The smallest absolute Gasteiger partial charge is 0.326 e. The van der Waals surface area contributed by atoms with Gasteiger partial charge in [-0.05, 0) is 63.6 Å². The zero-order valence-corrected chi connectivity index (χ0v) is 22.7. The topological polar surface area (TPSA) is 134 Å². The van der Waals surface area contributed by atoms with Crippen molar-refractivity contribution >= 4 is 34.5 Å². The Morgan fingerprint density at radius 2 is 1.75 bits per heavy atom. The molecule has 40 heavy (non-hydrogen) atoms. The summed E-state index contributed by atoms with van der Waals surface area (Å²) in [5.74, 6) is 1.11. The third-order valence-electron chi connectivity index (χ3n) is 6.56. The monoisotopic (exact) mass is 538 g/mol. The van der Waals surface area contributed by atoms with Gasteiger partial charge in [-0.2, -0.15) is 0 Å². The van der Waals surface area contributed by atoms with Gasteiger partial charge in [-0.15, -0.1) is 0 Å². The minimum atomic E-state index is -0.441. The summed E-state index contributed by atoms with van der Waals surface area (Å²) in [7, 11) is 0. The number of ether oxygens (including phenoxy) is 1. The third-order valence-corrected chi connectivity index (χ3v) is 6.56. The number of carbonyl (C=O) groups is 1. The number of urea groups is 1. The van der Waals surface area contributed by atoms with Crippen LogP contribution in [-0.2, 0) is 4.74 Å². The van der Waals surface area contributed by atoms with E-state index < -0.39 is 6.03 Å². The van der Waals surface area contributed by atoms with Gasteiger partial charge in [-0.1, -0.05) is 17.3 Å². The van der Waals surface area contributed by atoms with Crippen LogP contribution in [0.3, 0.4) is 0 Å². The second kappa shape index (κ2) is 9.76. The number of carbonyl (C=O) groups excluding carboxylic acids is 1. The average Bonchev–Trinajstić information content (AvgIpc) is 3.55. The molecule has 1 aliphatic heterocycles. The Morgan fingerprint density at radius 1 is 0.975 bits per heavy atom. The molecular weight excluding hydrogens is 508 g/mol. The van der Waals surface area contributed by atoms with Gasteiger partial charge in [-0.3, -0.25) is 10.3 Å². The largest absolute Gasteiger partial charge is 0.366 e. The molecule has 2 amide bonds. The molecule has 0 bridgehead atoms. The van der Waals surface area contributed by atoms with Gasteiger partial charge in [0.2, 0.25) is 5.88 Å². The van der Waals surface area contributed by atoms with Crippen LogP contribution >= 0.6 is 0 Å². The summed E-state index contributed by atoms with van der Waals surface area (Å²) in [6.45, 7) is 9.85. The average molecular weight is 539 g/mol. The first-order valence-electron chi connectivity index (χ1n) is 13.0. The lowest BCUT2D eigenvalue weighted by Gasteiger charge is -2.47. The number of rotatable bonds is 5. The molecule has 1 aliphatic rings. The maximum atomic E-state index is 12.5. The molecule has 0 atom stereocenters. The Balaban J connectivity index is 1.16. The lowest BCUT2D eigenvalue weighted by molar-refractivity contribution is -0.133. The molecule has 0 radical (unpaired) electrons. The highest BCUT2D eigenvalue weighted by atomic mass is 16.5. The number of aromatic nitrogens is 5. The number of nitrogens with zero attached hydrogens (tertiary/aromatic N) is 5. The molecule has 3 N–H and O–H groups in total. The first-order chi connectivity index (χ1) is 19.1. The van der Waals surface area contributed by atoms with Gasteiger partial charge in [0.05, 0.1) is 16.6 Å². The van der Waals surface area contributed by atoms with Crippen LogP contribution in [0.25, 0.3) is 33.5 Å². The van der Waals surface area contributed by atoms with Crippen molar-refractivity contribution in [2.75, 3.05) is 28.6 Å². The van der Waals surface area contributed by atoms with E-state index in [-0.39, 0.29) is 17.1 Å². The number of H-pyrrole nitrogens is 1. The molecule has 5 heterocycles. The minimum Gasteiger partial charge on any atom is -0.366 e. The fraction of sp³-hybridized carbons (Fsp3) is 0.276. The summed E-state index contributed by atoms with van der Waals surface area (Å²) < 4.78 is 11.5. The van der Waals surface area contributed by atoms with Crippen molar-refractivity contribution in [1.82, 2.24) is 25.1 Å².